The lowest BCUT2D eigenvalue weighted by Gasteiger charge is -2.27. The van der Waals surface area contributed by atoms with Crippen LogP contribution >= 0.6 is 0 Å². The zero-order chi connectivity index (χ0) is 15.5. The molecule has 0 radical (unpaired) electrons. The first-order chi connectivity index (χ1) is 9.96. The number of nitrogens with zero attached hydrogens (tertiary/aromatic N) is 1. The van der Waals surface area contributed by atoms with Crippen molar-refractivity contribution < 1.29 is 13.2 Å². The number of hydrogen-bond donors (Lipinski definition) is 1. The minimum Gasteiger partial charge on any atom is -0.379 e. The molecule has 0 aromatic heterocycles. The lowest BCUT2D eigenvalue weighted by Crippen LogP contribution is -2.40. The maximum Gasteiger partial charge on any atom is 0.243 e. The fourth-order valence-electron chi connectivity index (χ4n) is 2.53. The van der Waals surface area contributed by atoms with Gasteiger partial charge in [0.2, 0.25) is 10.0 Å². The van der Waals surface area contributed by atoms with E-state index in [1.165, 1.54) is 4.31 Å². The monoisotopic (exact) mass is 312 g/mol. The summed E-state index contributed by atoms with van der Waals surface area (Å²) in [5.41, 5.74) is 2.96. The summed E-state index contributed by atoms with van der Waals surface area (Å²) in [5.74, 6) is 0. The highest BCUT2D eigenvalue weighted by Gasteiger charge is 2.28. The highest BCUT2D eigenvalue weighted by Crippen LogP contribution is 2.24. The number of aryl methyl sites for hydroxylation is 2. The van der Waals surface area contributed by atoms with Crippen molar-refractivity contribution >= 4 is 10.0 Å². The molecule has 0 unspecified atom stereocenters. The molecule has 6 heteroatoms. The van der Waals surface area contributed by atoms with Gasteiger partial charge in [-0.25, -0.2) is 8.42 Å². The van der Waals surface area contributed by atoms with Crippen LogP contribution in [0.4, 0.5) is 0 Å². The van der Waals surface area contributed by atoms with Crippen LogP contribution < -0.4 is 5.32 Å². The zero-order valence-electron chi connectivity index (χ0n) is 13.0. The Morgan fingerprint density at radius 3 is 2.48 bits per heavy atom. The highest BCUT2D eigenvalue weighted by molar-refractivity contribution is 7.89. The van der Waals surface area contributed by atoms with Crippen molar-refractivity contribution in [1.29, 1.82) is 0 Å². The molecule has 21 heavy (non-hydrogen) atoms. The average molecular weight is 312 g/mol. The van der Waals surface area contributed by atoms with Crippen LogP contribution in [-0.4, -0.2) is 45.6 Å². The Bertz CT molecular complexity index is 593. The largest absolute Gasteiger partial charge is 0.379 e. The van der Waals surface area contributed by atoms with Gasteiger partial charge in [0.05, 0.1) is 18.1 Å². The lowest BCUT2D eigenvalue weighted by molar-refractivity contribution is 0.0730. The molecule has 1 aliphatic rings. The number of ether oxygens (including phenoxy) is 1. The van der Waals surface area contributed by atoms with Gasteiger partial charge in [0.15, 0.2) is 0 Å². The number of rotatable bonds is 5. The van der Waals surface area contributed by atoms with E-state index in [1.807, 2.05) is 32.9 Å². The summed E-state index contributed by atoms with van der Waals surface area (Å²) >= 11 is 0. The maximum absolute atomic E-state index is 12.8. The predicted octanol–water partition coefficient (Wildman–Crippen LogP) is 1.43. The van der Waals surface area contributed by atoms with E-state index in [4.69, 9.17) is 4.74 Å². The molecule has 0 amide bonds. The molecule has 1 aromatic rings. The first-order valence-electron chi connectivity index (χ1n) is 7.35. The normalized spacial score (nSPS) is 17.1. The summed E-state index contributed by atoms with van der Waals surface area (Å²) in [5, 5.41) is 3.25. The Morgan fingerprint density at radius 2 is 1.86 bits per heavy atom. The average Bonchev–Trinajstić information content (AvgIpc) is 2.47. The molecule has 1 N–H and O–H groups in total. The third-order valence-electron chi connectivity index (χ3n) is 3.79. The van der Waals surface area contributed by atoms with E-state index in [1.54, 1.807) is 0 Å². The molecule has 2 rings (SSSR count). The van der Waals surface area contributed by atoms with Gasteiger partial charge in [-0.3, -0.25) is 0 Å². The van der Waals surface area contributed by atoms with Gasteiger partial charge in [-0.05, 0) is 43.1 Å². The van der Waals surface area contributed by atoms with E-state index in [0.29, 0.717) is 37.7 Å². The third-order valence-corrected chi connectivity index (χ3v) is 5.83. The number of hydrogen-bond acceptors (Lipinski definition) is 4. The van der Waals surface area contributed by atoms with Crippen LogP contribution in [0.3, 0.4) is 0 Å². The molecule has 0 bridgehead atoms. The smallest absolute Gasteiger partial charge is 0.243 e. The van der Waals surface area contributed by atoms with Crippen molar-refractivity contribution in [2.75, 3.05) is 32.8 Å². The summed E-state index contributed by atoms with van der Waals surface area (Å²) in [6.45, 7) is 9.25. The standard InChI is InChI=1S/C15H24N2O3S/c1-4-16-11-14-10-15(13(3)9-12(14)2)21(18,19)17-5-7-20-8-6-17/h9-10,16H,4-8,11H2,1-3H3. The van der Waals surface area contributed by atoms with Crippen molar-refractivity contribution in [2.45, 2.75) is 32.2 Å². The van der Waals surface area contributed by atoms with Crippen molar-refractivity contribution in [2.24, 2.45) is 0 Å². The Labute approximate surface area is 127 Å². The van der Waals surface area contributed by atoms with Gasteiger partial charge >= 0.3 is 0 Å². The quantitative estimate of drug-likeness (QED) is 0.894. The molecule has 1 aliphatic heterocycles. The van der Waals surface area contributed by atoms with Crippen LogP contribution in [0.15, 0.2) is 17.0 Å². The van der Waals surface area contributed by atoms with E-state index >= 15 is 0 Å². The van der Waals surface area contributed by atoms with Crippen LogP contribution in [-0.2, 0) is 21.3 Å². The van der Waals surface area contributed by atoms with Crippen LogP contribution in [0, 0.1) is 13.8 Å². The number of sulfonamides is 1. The molecular weight excluding hydrogens is 288 g/mol. The summed E-state index contributed by atoms with van der Waals surface area (Å²) in [4.78, 5) is 0.419. The second-order valence-electron chi connectivity index (χ2n) is 5.34. The molecule has 5 nitrogen and oxygen atoms in total. The Morgan fingerprint density at radius 1 is 1.19 bits per heavy atom. The first-order valence-corrected chi connectivity index (χ1v) is 8.79. The van der Waals surface area contributed by atoms with Crippen molar-refractivity contribution in [3.05, 3.63) is 28.8 Å². The highest BCUT2D eigenvalue weighted by atomic mass is 32.2. The minimum absolute atomic E-state index is 0.419. The minimum atomic E-state index is -3.43. The maximum atomic E-state index is 12.8. The number of nitrogens with one attached hydrogen (secondary N) is 1. The summed E-state index contributed by atoms with van der Waals surface area (Å²) in [6, 6.07) is 3.78. The molecule has 118 valence electrons. The van der Waals surface area contributed by atoms with E-state index in [0.717, 1.165) is 23.2 Å². The molecule has 1 fully saturated rings. The molecule has 0 aliphatic carbocycles. The van der Waals surface area contributed by atoms with E-state index in [-0.39, 0.29) is 0 Å². The second kappa shape index (κ2) is 6.87. The molecule has 0 spiro atoms. The van der Waals surface area contributed by atoms with Crippen molar-refractivity contribution in [3.63, 3.8) is 0 Å². The van der Waals surface area contributed by atoms with Gasteiger partial charge in [0.25, 0.3) is 0 Å². The molecule has 0 atom stereocenters. The Hall–Kier alpha value is -0.950. The second-order valence-corrected chi connectivity index (χ2v) is 7.25. The molecular formula is C15H24N2O3S. The van der Waals surface area contributed by atoms with Gasteiger partial charge in [0.1, 0.15) is 0 Å². The molecule has 1 aromatic carbocycles. The van der Waals surface area contributed by atoms with Gasteiger partial charge in [-0.15, -0.1) is 0 Å². The SMILES string of the molecule is CCNCc1cc(S(=O)(=O)N2CCOCC2)c(C)cc1C. The summed E-state index contributed by atoms with van der Waals surface area (Å²) < 4.78 is 32.4. The third kappa shape index (κ3) is 3.63. The predicted molar refractivity (Wildman–Crippen MR) is 82.9 cm³/mol. The number of benzene rings is 1. The zero-order valence-corrected chi connectivity index (χ0v) is 13.8. The lowest BCUT2D eigenvalue weighted by atomic mass is 10.1. The fraction of sp³-hybridized carbons (Fsp3) is 0.600. The fourth-order valence-corrected chi connectivity index (χ4v) is 4.19. The van der Waals surface area contributed by atoms with Crippen LogP contribution in [0.2, 0.25) is 0 Å². The molecule has 0 saturated carbocycles. The van der Waals surface area contributed by atoms with Crippen molar-refractivity contribution in [1.82, 2.24) is 9.62 Å². The van der Waals surface area contributed by atoms with Gasteiger partial charge in [-0.2, -0.15) is 4.31 Å². The van der Waals surface area contributed by atoms with E-state index in [2.05, 4.69) is 5.32 Å². The van der Waals surface area contributed by atoms with Crippen molar-refractivity contribution in [3.8, 4) is 0 Å². The van der Waals surface area contributed by atoms with E-state index in [9.17, 15) is 8.42 Å². The Kier molecular flexibility index (Phi) is 5.37. The van der Waals surface area contributed by atoms with Crippen LogP contribution in [0.25, 0.3) is 0 Å². The summed E-state index contributed by atoms with van der Waals surface area (Å²) in [6.07, 6.45) is 0. The Balaban J connectivity index is 2.37. The topological polar surface area (TPSA) is 58.6 Å². The number of morpholine rings is 1. The van der Waals surface area contributed by atoms with Gasteiger partial charge in [0, 0.05) is 19.6 Å². The van der Waals surface area contributed by atoms with Crippen LogP contribution in [0.5, 0.6) is 0 Å². The molecule has 1 saturated heterocycles. The summed E-state index contributed by atoms with van der Waals surface area (Å²) in [7, 11) is -3.43. The molecule has 1 heterocycles. The van der Waals surface area contributed by atoms with Crippen LogP contribution in [0.1, 0.15) is 23.6 Å². The van der Waals surface area contributed by atoms with Gasteiger partial charge < -0.3 is 10.1 Å². The van der Waals surface area contributed by atoms with Gasteiger partial charge in [-0.1, -0.05) is 13.0 Å². The van der Waals surface area contributed by atoms with E-state index < -0.39 is 10.0 Å². The first kappa shape index (κ1) is 16.4.